The van der Waals surface area contributed by atoms with Gasteiger partial charge in [0.25, 0.3) is 0 Å². The molecule has 0 unspecified atom stereocenters. The first-order valence-corrected chi connectivity index (χ1v) is 13.6. The van der Waals surface area contributed by atoms with Gasteiger partial charge in [-0.05, 0) is 48.0 Å². The number of aromatic nitrogens is 3. The van der Waals surface area contributed by atoms with Crippen molar-refractivity contribution in [2.24, 2.45) is 0 Å². The number of carbonyl (C=O) groups is 1. The van der Waals surface area contributed by atoms with Crippen LogP contribution in [0.5, 0.6) is 11.6 Å². The Balaban J connectivity index is 1.37. The SMILES string of the molecule is COCCn1c(Cc2ccc(-c3cccc(OCc4ccc(Cl)cc4OC)n3)cc2F)nc2ccc(C(=O)OC)cc21. The van der Waals surface area contributed by atoms with Crippen molar-refractivity contribution in [1.82, 2.24) is 14.5 Å². The van der Waals surface area contributed by atoms with Crippen LogP contribution in [0.15, 0.2) is 72.8 Å². The highest BCUT2D eigenvalue weighted by Crippen LogP contribution is 2.27. The number of pyridine rings is 1. The number of benzene rings is 3. The zero-order valence-corrected chi connectivity index (χ0v) is 24.2. The van der Waals surface area contributed by atoms with Crippen molar-refractivity contribution in [2.75, 3.05) is 27.9 Å². The van der Waals surface area contributed by atoms with Gasteiger partial charge in [-0.2, -0.15) is 0 Å². The number of esters is 1. The summed E-state index contributed by atoms with van der Waals surface area (Å²) >= 11 is 6.05. The summed E-state index contributed by atoms with van der Waals surface area (Å²) in [6.07, 6.45) is 0.248. The van der Waals surface area contributed by atoms with Crippen LogP contribution < -0.4 is 9.47 Å². The second kappa shape index (κ2) is 13.0. The predicted octanol–water partition coefficient (Wildman–Crippen LogP) is 6.50. The first-order valence-electron chi connectivity index (χ1n) is 13.2. The highest BCUT2D eigenvalue weighted by molar-refractivity contribution is 6.30. The second-order valence-electron chi connectivity index (χ2n) is 9.46. The number of methoxy groups -OCH3 is 3. The van der Waals surface area contributed by atoms with Crippen LogP contribution in [0.2, 0.25) is 5.02 Å². The number of carbonyl (C=O) groups excluding carboxylic acids is 1. The molecule has 8 nitrogen and oxygen atoms in total. The molecule has 5 aromatic rings. The van der Waals surface area contributed by atoms with E-state index < -0.39 is 5.97 Å². The van der Waals surface area contributed by atoms with Crippen molar-refractivity contribution < 1.29 is 28.1 Å². The van der Waals surface area contributed by atoms with Crippen LogP contribution >= 0.6 is 11.6 Å². The monoisotopic (exact) mass is 589 g/mol. The maximum Gasteiger partial charge on any atom is 0.337 e. The predicted molar refractivity (Wildman–Crippen MR) is 158 cm³/mol. The van der Waals surface area contributed by atoms with Crippen LogP contribution in [0, 0.1) is 5.82 Å². The van der Waals surface area contributed by atoms with Gasteiger partial charge in [0.15, 0.2) is 0 Å². The number of halogens is 2. The van der Waals surface area contributed by atoms with Crippen LogP contribution in [0.3, 0.4) is 0 Å². The molecule has 0 bridgehead atoms. The average molecular weight is 590 g/mol. The number of imidazole rings is 1. The fourth-order valence-corrected chi connectivity index (χ4v) is 4.81. The van der Waals surface area contributed by atoms with Gasteiger partial charge in [0.2, 0.25) is 5.88 Å². The van der Waals surface area contributed by atoms with Gasteiger partial charge in [0.05, 0.1) is 43.1 Å². The van der Waals surface area contributed by atoms with Gasteiger partial charge in [-0.15, -0.1) is 0 Å². The van der Waals surface area contributed by atoms with Crippen molar-refractivity contribution in [2.45, 2.75) is 19.6 Å². The fourth-order valence-electron chi connectivity index (χ4n) is 4.65. The Bertz CT molecular complexity index is 1740. The minimum atomic E-state index is -0.438. The van der Waals surface area contributed by atoms with Gasteiger partial charge < -0.3 is 23.5 Å². The highest BCUT2D eigenvalue weighted by Gasteiger charge is 2.17. The number of nitrogens with zero attached hydrogens (tertiary/aromatic N) is 3. The Labute approximate surface area is 247 Å². The molecule has 0 saturated carbocycles. The molecule has 0 aliphatic heterocycles. The van der Waals surface area contributed by atoms with Crippen LogP contribution in [0.25, 0.3) is 22.3 Å². The highest BCUT2D eigenvalue weighted by atomic mass is 35.5. The molecule has 0 aliphatic rings. The van der Waals surface area contributed by atoms with Gasteiger partial charge in [0.1, 0.15) is 24.0 Å². The maximum atomic E-state index is 15.5. The molecule has 2 heterocycles. The van der Waals surface area contributed by atoms with Crippen LogP contribution in [0.1, 0.15) is 27.3 Å². The van der Waals surface area contributed by atoms with E-state index >= 15 is 4.39 Å². The first-order chi connectivity index (χ1) is 20.4. The Hall–Kier alpha value is -4.47. The van der Waals surface area contributed by atoms with E-state index in [4.69, 9.17) is 35.5 Å². The topological polar surface area (TPSA) is 84.7 Å². The Morgan fingerprint density at radius 2 is 1.79 bits per heavy atom. The summed E-state index contributed by atoms with van der Waals surface area (Å²) in [5.74, 6) is 0.851. The van der Waals surface area contributed by atoms with E-state index in [1.165, 1.54) is 13.2 Å². The lowest BCUT2D eigenvalue weighted by Gasteiger charge is -2.12. The summed E-state index contributed by atoms with van der Waals surface area (Å²) in [7, 11) is 4.52. The van der Waals surface area contributed by atoms with Crippen molar-refractivity contribution in [1.29, 1.82) is 0 Å². The number of hydrogen-bond acceptors (Lipinski definition) is 7. The first kappa shape index (κ1) is 29.0. The standard InChI is InChI=1S/C32H29ClFN3O5/c1-39-14-13-37-28-16-22(32(38)41-3)10-12-27(28)35-30(37)17-20-7-8-21(15-25(20)34)26-5-4-6-31(36-26)42-19-23-9-11-24(33)18-29(23)40-2/h4-12,15-16,18H,13-14,17,19H2,1-3H3. The third kappa shape index (κ3) is 6.37. The Morgan fingerprint density at radius 1 is 0.952 bits per heavy atom. The summed E-state index contributed by atoms with van der Waals surface area (Å²) in [5, 5.41) is 0.570. The molecule has 0 radical (unpaired) electrons. The molecule has 0 aliphatic carbocycles. The molecular formula is C32H29ClFN3O5. The third-order valence-corrected chi connectivity index (χ3v) is 7.05. The van der Waals surface area contributed by atoms with E-state index in [1.807, 2.05) is 22.8 Å². The molecule has 42 heavy (non-hydrogen) atoms. The zero-order valence-electron chi connectivity index (χ0n) is 23.4. The molecule has 0 amide bonds. The number of ether oxygens (including phenoxy) is 4. The zero-order chi connectivity index (χ0) is 29.6. The molecular weight excluding hydrogens is 561 g/mol. The van der Waals surface area contributed by atoms with Crippen molar-refractivity contribution in [3.63, 3.8) is 0 Å². The second-order valence-corrected chi connectivity index (χ2v) is 9.89. The van der Waals surface area contributed by atoms with Crippen LogP contribution in [-0.4, -0.2) is 48.4 Å². The van der Waals surface area contributed by atoms with Crippen molar-refractivity contribution >= 4 is 28.6 Å². The molecule has 0 atom stereocenters. The van der Waals surface area contributed by atoms with Crippen LogP contribution in [-0.2, 0) is 29.0 Å². The fraction of sp³-hybridized carbons (Fsp3) is 0.219. The minimum Gasteiger partial charge on any atom is -0.496 e. The van der Waals surface area contributed by atoms with E-state index in [9.17, 15) is 4.79 Å². The molecule has 0 fully saturated rings. The summed E-state index contributed by atoms with van der Waals surface area (Å²) < 4.78 is 38.8. The van der Waals surface area contributed by atoms with E-state index in [2.05, 4.69) is 4.98 Å². The minimum absolute atomic E-state index is 0.231. The molecule has 216 valence electrons. The summed E-state index contributed by atoms with van der Waals surface area (Å²) in [6, 6.07) is 20.9. The Kier molecular flexibility index (Phi) is 9.00. The lowest BCUT2D eigenvalue weighted by Crippen LogP contribution is -2.10. The van der Waals surface area contributed by atoms with Gasteiger partial charge in [-0.1, -0.05) is 35.9 Å². The van der Waals surface area contributed by atoms with E-state index in [-0.39, 0.29) is 18.8 Å². The quantitative estimate of drug-likeness (QED) is 0.163. The van der Waals surface area contributed by atoms with Gasteiger partial charge in [0, 0.05) is 42.3 Å². The molecule has 3 aromatic carbocycles. The van der Waals surface area contributed by atoms with E-state index in [0.717, 1.165) is 11.1 Å². The van der Waals surface area contributed by atoms with E-state index in [1.54, 1.807) is 62.8 Å². The number of fused-ring (bicyclic) bond motifs is 1. The van der Waals surface area contributed by atoms with Gasteiger partial charge >= 0.3 is 5.97 Å². The normalized spacial score (nSPS) is 11.1. The average Bonchev–Trinajstić information content (AvgIpc) is 3.35. The number of rotatable bonds is 11. The van der Waals surface area contributed by atoms with Crippen LogP contribution in [0.4, 0.5) is 4.39 Å². The summed E-state index contributed by atoms with van der Waals surface area (Å²) in [6.45, 7) is 1.15. The molecule has 0 N–H and O–H groups in total. The lowest BCUT2D eigenvalue weighted by atomic mass is 10.1. The van der Waals surface area contributed by atoms with Gasteiger partial charge in [-0.3, -0.25) is 0 Å². The van der Waals surface area contributed by atoms with E-state index in [0.29, 0.717) is 63.5 Å². The van der Waals surface area contributed by atoms with Crippen molar-refractivity contribution in [3.8, 4) is 22.9 Å². The smallest absolute Gasteiger partial charge is 0.337 e. The molecule has 0 spiro atoms. The largest absolute Gasteiger partial charge is 0.496 e. The third-order valence-electron chi connectivity index (χ3n) is 6.81. The summed E-state index contributed by atoms with van der Waals surface area (Å²) in [4.78, 5) is 21.4. The molecule has 0 saturated heterocycles. The van der Waals surface area contributed by atoms with Crippen molar-refractivity contribution in [3.05, 3.63) is 106 Å². The molecule has 5 rings (SSSR count). The summed E-state index contributed by atoms with van der Waals surface area (Å²) in [5.41, 5.74) is 4.34. The maximum absolute atomic E-state index is 15.5. The molecule has 2 aromatic heterocycles. The lowest BCUT2D eigenvalue weighted by molar-refractivity contribution is 0.0601. The van der Waals surface area contributed by atoms with Gasteiger partial charge in [-0.25, -0.2) is 19.2 Å². The number of hydrogen-bond donors (Lipinski definition) is 0. The Morgan fingerprint density at radius 3 is 2.55 bits per heavy atom. The molecule has 10 heteroatoms.